The molecule has 0 aliphatic heterocycles. The standard InChI is InChI=1S/C48H58N2O9.C24H27NO6.C23H32N2O4.2CH4/c1-8-32(45(52)50(33-22-25-35(55-5)26-23-33)43-29-27-36(56-6)30-44(43)57-7)16-10-9-11-17-34(51)24-28-42(46(53)59-48(2,3)4)49-47(54)58-31-41-39-20-14-12-18-37(39)38-19-13-15-21-40(38)41;1-24(2,3)31-22(28)20(12-13-21(26)27)25-23(29)30-14-19-17-10-6-4-8-15(17)16-9-5-7-11-18(16)19;1-5-17(8-6-7-15-24)23(26)25(18-9-11-19(27-2)12-10-18)21-14-13-20(28-3)16-22(21)29-4;;/h12-15,18-23,25-27,29-30,32,41-42H,8-11,16-17,24,28,31H2,1-7H3,(H,49,54);4-11,19-20H,12-14H2,1-3H3,(H,25,29)(H,26,27);9-14,16-17H,5-8,15,24H2,1-4H3;2*1H4/t;20-;;;/m.0.../s1. The minimum Gasteiger partial charge on any atom is -0.497 e. The topological polar surface area (TPSA) is 306 Å². The molecule has 0 heterocycles. The number of unbranched alkanes of at least 4 members (excludes halogenated alkanes) is 3. The first-order chi connectivity index (χ1) is 57.1. The maximum absolute atomic E-state index is 14.3. The van der Waals surface area contributed by atoms with Crippen molar-refractivity contribution in [3.63, 3.8) is 0 Å². The highest BCUT2D eigenvalue weighted by Crippen LogP contribution is 2.47. The molecule has 24 heteroatoms. The minimum atomic E-state index is -1.11. The zero-order chi connectivity index (χ0) is 86.3. The maximum atomic E-state index is 14.3. The van der Waals surface area contributed by atoms with Gasteiger partial charge in [-0.2, -0.15) is 0 Å². The van der Waals surface area contributed by atoms with Gasteiger partial charge in [-0.15, -0.1) is 0 Å². The first-order valence-electron chi connectivity index (χ1n) is 40.6. The van der Waals surface area contributed by atoms with E-state index in [1.54, 1.807) is 112 Å². The molecule has 5 N–H and O–H groups in total. The Hall–Kier alpha value is -11.9. The van der Waals surface area contributed by atoms with Gasteiger partial charge in [-0.1, -0.05) is 145 Å². The normalized spacial score (nSPS) is 12.6. The molecule has 0 aromatic heterocycles. The fourth-order valence-corrected chi connectivity index (χ4v) is 14.5. The highest BCUT2D eigenvalue weighted by Gasteiger charge is 2.36. The summed E-state index contributed by atoms with van der Waals surface area (Å²) in [5.41, 5.74) is 15.6. The van der Waals surface area contributed by atoms with Gasteiger partial charge in [0.05, 0.1) is 54.0 Å². The third-order valence-electron chi connectivity index (χ3n) is 20.6. The van der Waals surface area contributed by atoms with Crippen molar-refractivity contribution < 1.29 is 90.8 Å². The second-order valence-corrected chi connectivity index (χ2v) is 31.0. The average Bonchev–Trinajstić information content (AvgIpc) is 1.64. The van der Waals surface area contributed by atoms with Crippen molar-refractivity contribution >= 4 is 70.4 Å². The molecule has 10 rings (SSSR count). The predicted octanol–water partition coefficient (Wildman–Crippen LogP) is 19.9. The van der Waals surface area contributed by atoms with Crippen molar-refractivity contribution in [3.8, 4) is 56.8 Å². The lowest BCUT2D eigenvalue weighted by atomic mass is 9.95. The SMILES string of the molecule is C.C.CC(C)(C)OC(=O)[C@H](CCC(=O)O)NC(=O)OCC1c2ccccc2-c2ccccc21.CCC(CCCCCC(=O)CCC(NC(=O)OCC1c2ccccc2-c2ccccc21)C(=O)OC(C)(C)C)C(=O)N(c1ccc(OC)cc1)c1ccc(OC)cc1OC.CCC(CCCCN)C(=O)N(c1ccc(OC)cc1)c1ccc(OC)cc1OC. The zero-order valence-corrected chi connectivity index (χ0v) is 71.1. The van der Waals surface area contributed by atoms with Crippen LogP contribution in [0.3, 0.4) is 0 Å². The van der Waals surface area contributed by atoms with E-state index in [-0.39, 0.29) is 95.0 Å². The summed E-state index contributed by atoms with van der Waals surface area (Å²) in [6, 6.07) is 55.5. The van der Waals surface area contributed by atoms with Crippen molar-refractivity contribution in [2.75, 3.05) is 72.2 Å². The van der Waals surface area contributed by atoms with Gasteiger partial charge in [-0.25, -0.2) is 19.2 Å². The number of aliphatic carboxylic acids is 1. The van der Waals surface area contributed by atoms with Gasteiger partial charge in [0, 0.05) is 66.4 Å². The van der Waals surface area contributed by atoms with E-state index in [9.17, 15) is 38.4 Å². The van der Waals surface area contributed by atoms with Crippen molar-refractivity contribution in [2.45, 2.75) is 195 Å². The van der Waals surface area contributed by atoms with E-state index in [1.165, 1.54) is 0 Å². The maximum Gasteiger partial charge on any atom is 0.407 e. The van der Waals surface area contributed by atoms with Crippen molar-refractivity contribution in [2.24, 2.45) is 17.6 Å². The fourth-order valence-electron chi connectivity index (χ4n) is 14.5. The van der Waals surface area contributed by atoms with Gasteiger partial charge in [0.25, 0.3) is 0 Å². The van der Waals surface area contributed by atoms with E-state index in [0.29, 0.717) is 78.0 Å². The number of amides is 4. The molecule has 2 aliphatic carbocycles. The number of carbonyl (C=O) groups excluding carboxylic acids is 7. The van der Waals surface area contributed by atoms with Gasteiger partial charge < -0.3 is 68.8 Å². The van der Waals surface area contributed by atoms with E-state index in [1.807, 2.05) is 166 Å². The Morgan fingerprint density at radius 2 is 0.752 bits per heavy atom. The highest BCUT2D eigenvalue weighted by molar-refractivity contribution is 6.04. The molecule has 4 amide bonds. The van der Waals surface area contributed by atoms with E-state index >= 15 is 0 Å². The number of ether oxygens (including phenoxy) is 10. The van der Waals surface area contributed by atoms with Crippen LogP contribution in [0.15, 0.2) is 182 Å². The largest absolute Gasteiger partial charge is 0.497 e. The summed E-state index contributed by atoms with van der Waals surface area (Å²) in [6.45, 7) is 15.2. The van der Waals surface area contributed by atoms with E-state index in [2.05, 4.69) is 22.8 Å². The number of carboxylic acids is 1. The van der Waals surface area contributed by atoms with E-state index < -0.39 is 53.4 Å². The fraction of sp³-hybridized carbons (Fsp3) is 0.423. The number of anilines is 4. The van der Waals surface area contributed by atoms with Crippen molar-refractivity contribution in [1.29, 1.82) is 0 Å². The number of rotatable bonds is 38. The summed E-state index contributed by atoms with van der Waals surface area (Å²) in [6.07, 6.45) is 5.38. The number of nitrogens with one attached hydrogen (secondary N) is 2. The van der Waals surface area contributed by atoms with Gasteiger partial charge in [0.15, 0.2) is 0 Å². The first-order valence-corrected chi connectivity index (χ1v) is 40.6. The Morgan fingerprint density at radius 3 is 1.07 bits per heavy atom. The van der Waals surface area contributed by atoms with Crippen LogP contribution in [-0.4, -0.2) is 139 Å². The van der Waals surface area contributed by atoms with Crippen molar-refractivity contribution in [3.05, 3.63) is 204 Å². The number of Topliss-reactive ketones (excluding diaryl/α,β-unsaturated/α-hetero) is 1. The van der Waals surface area contributed by atoms with Gasteiger partial charge >= 0.3 is 30.1 Å². The lowest BCUT2D eigenvalue weighted by Crippen LogP contribution is -2.44. The number of carboxylic acid groups (broad SMARTS) is 1. The number of hydrogen-bond donors (Lipinski definition) is 4. The van der Waals surface area contributed by atoms with Crippen LogP contribution in [0.1, 0.15) is 194 Å². The molecular formula is C97H125N5O19. The lowest BCUT2D eigenvalue weighted by Gasteiger charge is -2.29. The number of carbonyl (C=O) groups is 8. The second kappa shape index (κ2) is 47.8. The molecule has 0 saturated carbocycles. The molecule has 4 atom stereocenters. The molecule has 0 radical (unpaired) electrons. The number of methoxy groups -OCH3 is 6. The predicted molar refractivity (Wildman–Crippen MR) is 473 cm³/mol. The molecule has 3 unspecified atom stereocenters. The quantitative estimate of drug-likeness (QED) is 0.0159. The van der Waals surface area contributed by atoms with Crippen LogP contribution < -0.4 is 54.6 Å². The molecule has 0 bridgehead atoms. The van der Waals surface area contributed by atoms with E-state index in [4.69, 9.17) is 58.2 Å². The first kappa shape index (κ1) is 97.9. The monoisotopic (exact) mass is 1660 g/mol. The number of ketones is 1. The lowest BCUT2D eigenvalue weighted by molar-refractivity contribution is -0.158. The van der Waals surface area contributed by atoms with Crippen LogP contribution in [0.4, 0.5) is 32.3 Å². The number of nitrogens with two attached hydrogens (primary N) is 1. The Labute approximate surface area is 714 Å². The van der Waals surface area contributed by atoms with E-state index in [0.717, 1.165) is 94.5 Å². The highest BCUT2D eigenvalue weighted by atomic mass is 16.6. The summed E-state index contributed by atoms with van der Waals surface area (Å²) in [7, 11) is 9.55. The van der Waals surface area contributed by atoms with Crippen LogP contribution in [-0.2, 0) is 47.7 Å². The van der Waals surface area contributed by atoms with Gasteiger partial charge in [0.1, 0.15) is 76.8 Å². The van der Waals surface area contributed by atoms with Crippen molar-refractivity contribution in [1.82, 2.24) is 10.6 Å². The Balaban J connectivity index is 0.000000308. The number of fused-ring (bicyclic) bond motifs is 6. The number of alkyl carbamates (subject to hydrolysis) is 2. The molecule has 24 nitrogen and oxygen atoms in total. The average molecular weight is 1670 g/mol. The zero-order valence-electron chi connectivity index (χ0n) is 71.1. The number of benzene rings is 8. The minimum absolute atomic E-state index is 0. The third-order valence-corrected chi connectivity index (χ3v) is 20.6. The van der Waals surface area contributed by atoms with Crippen LogP contribution in [0.25, 0.3) is 22.3 Å². The molecule has 8 aromatic rings. The summed E-state index contributed by atoms with van der Waals surface area (Å²) in [5.74, 6) is 0.722. The van der Waals surface area contributed by atoms with Crippen LogP contribution in [0.2, 0.25) is 0 Å². The van der Waals surface area contributed by atoms with Gasteiger partial charge in [-0.3, -0.25) is 29.0 Å². The Morgan fingerprint density at radius 1 is 0.413 bits per heavy atom. The number of nitrogens with zero attached hydrogens (tertiary/aromatic N) is 2. The number of esters is 2. The molecule has 0 saturated heterocycles. The van der Waals surface area contributed by atoms with Crippen LogP contribution in [0, 0.1) is 11.8 Å². The Kier molecular flexibility index (Phi) is 38.6. The number of hydrogen-bond acceptors (Lipinski definition) is 19. The molecular weight excluding hydrogens is 1540 g/mol. The summed E-state index contributed by atoms with van der Waals surface area (Å²) in [5, 5.41) is 14.1. The Bertz CT molecular complexity index is 4600. The summed E-state index contributed by atoms with van der Waals surface area (Å²) in [4.78, 5) is 107. The van der Waals surface area contributed by atoms with Crippen LogP contribution in [0.5, 0.6) is 34.5 Å². The molecule has 652 valence electrons. The summed E-state index contributed by atoms with van der Waals surface area (Å²) >= 11 is 0. The second-order valence-electron chi connectivity index (χ2n) is 31.0. The van der Waals surface area contributed by atoms with Gasteiger partial charge in [-0.05, 0) is 217 Å². The summed E-state index contributed by atoms with van der Waals surface area (Å²) < 4.78 is 54.7. The molecule has 2 aliphatic rings. The third kappa shape index (κ3) is 27.8. The molecule has 0 fully saturated rings. The smallest absolute Gasteiger partial charge is 0.407 e. The van der Waals surface area contributed by atoms with Gasteiger partial charge in [0.2, 0.25) is 11.8 Å². The molecule has 121 heavy (non-hydrogen) atoms. The van der Waals surface area contributed by atoms with Crippen LogP contribution >= 0.6 is 0 Å². The molecule has 0 spiro atoms. The molecule has 8 aromatic carbocycles.